The number of alkyl halides is 6. The maximum absolute atomic E-state index is 13.4. The number of amides is 3. The van der Waals surface area contributed by atoms with E-state index in [1.54, 1.807) is 13.8 Å². The van der Waals surface area contributed by atoms with Crippen LogP contribution >= 0.6 is 0 Å². The van der Waals surface area contributed by atoms with Gasteiger partial charge in [0.25, 0.3) is 12.1 Å². The van der Waals surface area contributed by atoms with Crippen LogP contribution in [-0.2, 0) is 20.5 Å². The first-order valence-electron chi connectivity index (χ1n) is 11.6. The molecule has 0 aliphatic carbocycles. The molecule has 41 heavy (non-hydrogen) atoms. The Morgan fingerprint density at radius 1 is 0.976 bits per heavy atom. The van der Waals surface area contributed by atoms with E-state index < -0.39 is 47.7 Å². The normalized spacial score (nSPS) is 16.0. The molecule has 1 unspecified atom stereocenters. The first-order chi connectivity index (χ1) is 19.1. The number of carbonyl (C=O) groups is 3. The first-order valence-corrected chi connectivity index (χ1v) is 11.6. The third-order valence-corrected chi connectivity index (χ3v) is 5.72. The molecular weight excluding hydrogens is 564 g/mol. The minimum atomic E-state index is -5.57. The van der Waals surface area contributed by atoms with Gasteiger partial charge >= 0.3 is 24.4 Å². The van der Waals surface area contributed by atoms with Gasteiger partial charge in [-0.2, -0.15) is 26.3 Å². The third-order valence-electron chi connectivity index (χ3n) is 5.72. The molecule has 1 aromatic heterocycles. The second kappa shape index (κ2) is 10.6. The number of nitrogen functional groups attached to an aromatic ring is 1. The molecule has 1 aliphatic rings. The summed E-state index contributed by atoms with van der Waals surface area (Å²) in [5.74, 6) is -4.18. The summed E-state index contributed by atoms with van der Waals surface area (Å²) in [6.07, 6.45) is -11.9. The van der Waals surface area contributed by atoms with Gasteiger partial charge in [0.05, 0.1) is 16.9 Å². The van der Waals surface area contributed by atoms with Crippen molar-refractivity contribution in [3.63, 3.8) is 0 Å². The lowest BCUT2D eigenvalue weighted by Gasteiger charge is -2.23. The van der Waals surface area contributed by atoms with Gasteiger partial charge in [-0.15, -0.1) is 0 Å². The van der Waals surface area contributed by atoms with Gasteiger partial charge in [0, 0.05) is 6.07 Å². The van der Waals surface area contributed by atoms with Crippen LogP contribution in [0.2, 0.25) is 0 Å². The van der Waals surface area contributed by atoms with Gasteiger partial charge < -0.3 is 15.2 Å². The Bertz CT molecular complexity index is 1510. The van der Waals surface area contributed by atoms with Crippen molar-refractivity contribution in [2.24, 2.45) is 0 Å². The number of esters is 1. The maximum atomic E-state index is 13.4. The van der Waals surface area contributed by atoms with Crippen molar-refractivity contribution in [2.45, 2.75) is 38.3 Å². The fourth-order valence-electron chi connectivity index (χ4n) is 3.85. The molecule has 1 saturated heterocycles. The number of nitrogens with zero attached hydrogens (tertiary/aromatic N) is 4. The van der Waals surface area contributed by atoms with Crippen molar-refractivity contribution in [1.82, 2.24) is 9.97 Å². The lowest BCUT2D eigenvalue weighted by Crippen LogP contribution is -2.42. The predicted octanol–water partition coefficient (Wildman–Crippen LogP) is 5.40. The van der Waals surface area contributed by atoms with Gasteiger partial charge in [-0.25, -0.2) is 29.4 Å². The zero-order valence-electron chi connectivity index (χ0n) is 21.0. The summed E-state index contributed by atoms with van der Waals surface area (Å²) in [5, 5.41) is 0. The summed E-state index contributed by atoms with van der Waals surface area (Å²) in [6, 6.07) is 6.75. The second-order valence-corrected chi connectivity index (χ2v) is 8.89. The molecule has 16 heteroatoms. The lowest BCUT2D eigenvalue weighted by atomic mass is 10.0. The van der Waals surface area contributed by atoms with E-state index in [2.05, 4.69) is 14.7 Å². The molecule has 0 radical (unpaired) electrons. The molecule has 0 saturated carbocycles. The van der Waals surface area contributed by atoms with Gasteiger partial charge in [-0.1, -0.05) is 19.9 Å². The molecular formula is C25H19F6N5O5. The van der Waals surface area contributed by atoms with Crippen molar-refractivity contribution >= 4 is 35.1 Å². The van der Waals surface area contributed by atoms with Gasteiger partial charge in [0.1, 0.15) is 17.9 Å². The standard InChI is InChI=1S/C25H19F6N5O5/c1-12(2)16-9-15(6-7-17(16)40-19-10-18(32)33-11-34-19)35-20(37)21(41-22(38)25(29,30)31)36(23(35)39)14-5-3-4-13(8-14)24(26,27)28/h3-12,21H,1-2H3,(H2,32,33,34). The Labute approximate surface area is 227 Å². The van der Waals surface area contributed by atoms with Gasteiger partial charge in [-0.3, -0.25) is 4.79 Å². The molecule has 3 amide bonds. The van der Waals surface area contributed by atoms with Gasteiger partial charge in [0.2, 0.25) is 5.88 Å². The molecule has 2 heterocycles. The van der Waals surface area contributed by atoms with Crippen LogP contribution < -0.4 is 20.3 Å². The highest BCUT2D eigenvalue weighted by Gasteiger charge is 2.53. The maximum Gasteiger partial charge on any atom is 0.491 e. The van der Waals surface area contributed by atoms with E-state index in [-0.39, 0.29) is 34.0 Å². The monoisotopic (exact) mass is 583 g/mol. The van der Waals surface area contributed by atoms with Crippen LogP contribution in [0.4, 0.5) is 48.3 Å². The van der Waals surface area contributed by atoms with Crippen molar-refractivity contribution in [3.8, 4) is 11.6 Å². The number of anilines is 3. The fourth-order valence-corrected chi connectivity index (χ4v) is 3.85. The smallest absolute Gasteiger partial charge is 0.439 e. The fraction of sp³-hybridized carbons (Fsp3) is 0.240. The highest BCUT2D eigenvalue weighted by Crippen LogP contribution is 2.39. The Morgan fingerprint density at radius 3 is 2.29 bits per heavy atom. The minimum Gasteiger partial charge on any atom is -0.439 e. The van der Waals surface area contributed by atoms with Crippen LogP contribution in [0.3, 0.4) is 0 Å². The van der Waals surface area contributed by atoms with Crippen LogP contribution in [0.1, 0.15) is 30.9 Å². The van der Waals surface area contributed by atoms with Crippen molar-refractivity contribution < 1.29 is 50.2 Å². The molecule has 0 bridgehead atoms. The zero-order valence-corrected chi connectivity index (χ0v) is 21.0. The molecule has 10 nitrogen and oxygen atoms in total. The summed E-state index contributed by atoms with van der Waals surface area (Å²) in [5.41, 5.74) is 3.96. The largest absolute Gasteiger partial charge is 0.491 e. The molecule has 1 fully saturated rings. The number of hydrogen-bond acceptors (Lipinski definition) is 8. The molecule has 0 spiro atoms. The van der Waals surface area contributed by atoms with Gasteiger partial charge in [-0.05, 0) is 47.9 Å². The lowest BCUT2D eigenvalue weighted by molar-refractivity contribution is -0.204. The van der Waals surface area contributed by atoms with Gasteiger partial charge in [0.15, 0.2) is 0 Å². The third kappa shape index (κ3) is 6.00. The number of hydrogen-bond donors (Lipinski definition) is 1. The van der Waals surface area contributed by atoms with E-state index in [4.69, 9.17) is 10.5 Å². The highest BCUT2D eigenvalue weighted by molar-refractivity contribution is 6.28. The second-order valence-electron chi connectivity index (χ2n) is 8.89. The number of nitrogens with two attached hydrogens (primary N) is 1. The number of benzene rings is 2. The van der Waals surface area contributed by atoms with Crippen LogP contribution in [0.5, 0.6) is 11.6 Å². The minimum absolute atomic E-state index is 0.0651. The van der Waals surface area contributed by atoms with E-state index in [1.165, 1.54) is 24.3 Å². The average molecular weight is 583 g/mol. The van der Waals surface area contributed by atoms with Crippen molar-refractivity contribution in [2.75, 3.05) is 15.5 Å². The zero-order chi connectivity index (χ0) is 30.3. The van der Waals surface area contributed by atoms with Crippen LogP contribution in [0.25, 0.3) is 0 Å². The number of halogens is 6. The number of urea groups is 1. The molecule has 216 valence electrons. The molecule has 3 aromatic rings. The van der Waals surface area contributed by atoms with Crippen LogP contribution in [-0.4, -0.2) is 40.3 Å². The summed E-state index contributed by atoms with van der Waals surface area (Å²) in [4.78, 5) is 46.6. The van der Waals surface area contributed by atoms with E-state index in [1.807, 2.05) is 0 Å². The quantitative estimate of drug-likeness (QED) is 0.232. The van der Waals surface area contributed by atoms with Crippen molar-refractivity contribution in [1.29, 1.82) is 0 Å². The SMILES string of the molecule is CC(C)c1cc(N2C(=O)C(OC(=O)C(F)(F)F)N(c3cccc(C(F)(F)F)c3)C2=O)ccc1Oc1cc(N)ncn1. The Hall–Kier alpha value is -4.89. The summed E-state index contributed by atoms with van der Waals surface area (Å²) in [6.45, 7) is 3.47. The summed E-state index contributed by atoms with van der Waals surface area (Å²) in [7, 11) is 0. The molecule has 2 aromatic carbocycles. The summed E-state index contributed by atoms with van der Waals surface area (Å²) >= 11 is 0. The van der Waals surface area contributed by atoms with E-state index in [0.717, 1.165) is 18.5 Å². The van der Waals surface area contributed by atoms with E-state index in [9.17, 15) is 40.7 Å². The predicted molar refractivity (Wildman–Crippen MR) is 130 cm³/mol. The number of rotatable bonds is 6. The molecule has 1 aliphatic heterocycles. The van der Waals surface area contributed by atoms with E-state index >= 15 is 0 Å². The van der Waals surface area contributed by atoms with Crippen molar-refractivity contribution in [3.05, 3.63) is 66.0 Å². The number of aromatic nitrogens is 2. The average Bonchev–Trinajstić information content (AvgIpc) is 3.12. The first kappa shape index (κ1) is 29.1. The number of ether oxygens (including phenoxy) is 2. The molecule has 2 N–H and O–H groups in total. The van der Waals surface area contributed by atoms with Crippen LogP contribution in [0, 0.1) is 0 Å². The van der Waals surface area contributed by atoms with Crippen LogP contribution in [0.15, 0.2) is 54.9 Å². The number of carbonyl (C=O) groups excluding carboxylic acids is 3. The molecule has 4 rings (SSSR count). The number of imide groups is 1. The topological polar surface area (TPSA) is 128 Å². The summed E-state index contributed by atoms with van der Waals surface area (Å²) < 4.78 is 89.0. The highest BCUT2D eigenvalue weighted by atomic mass is 19.4. The Kier molecular flexibility index (Phi) is 7.52. The molecule has 1 atom stereocenters. The van der Waals surface area contributed by atoms with E-state index in [0.29, 0.717) is 22.6 Å². The Morgan fingerprint density at radius 2 is 1.68 bits per heavy atom. The Balaban J connectivity index is 1.77.